The molecule has 0 fully saturated rings. The normalized spacial score (nSPS) is 11.8. The minimum Gasteiger partial charge on any atom is -0.381 e. The van der Waals surface area contributed by atoms with Crippen LogP contribution >= 0.6 is 0 Å². The highest BCUT2D eigenvalue weighted by molar-refractivity contribution is 5.79. The molecule has 0 aliphatic carbocycles. The van der Waals surface area contributed by atoms with Crippen molar-refractivity contribution in [3.05, 3.63) is 16.4 Å². The summed E-state index contributed by atoms with van der Waals surface area (Å²) < 4.78 is 0. The van der Waals surface area contributed by atoms with Gasteiger partial charge in [0.05, 0.1) is 11.5 Å². The molecule has 0 aromatic carbocycles. The van der Waals surface area contributed by atoms with Crippen LogP contribution in [0.2, 0.25) is 0 Å². The zero-order valence-electron chi connectivity index (χ0n) is 8.53. The standard InChI is InChI=1S/C7H10N6O4/c8-5-4(13(16)17)7(12-2-11-5)10-1-3(14)6(9)15/h2-3,14H,1H2,(H2,9,15)(H3,8,10,11,12). The van der Waals surface area contributed by atoms with Crippen LogP contribution in [-0.4, -0.2) is 38.6 Å². The van der Waals surface area contributed by atoms with Crippen LogP contribution in [0.1, 0.15) is 0 Å². The van der Waals surface area contributed by atoms with Gasteiger partial charge in [-0.15, -0.1) is 0 Å². The summed E-state index contributed by atoms with van der Waals surface area (Å²) >= 11 is 0. The Labute approximate surface area is 94.8 Å². The van der Waals surface area contributed by atoms with Crippen LogP contribution in [0.15, 0.2) is 6.33 Å². The maximum absolute atomic E-state index is 10.7. The van der Waals surface area contributed by atoms with E-state index in [1.165, 1.54) is 0 Å². The van der Waals surface area contributed by atoms with Gasteiger partial charge in [0.2, 0.25) is 17.5 Å². The molecule has 6 N–H and O–H groups in total. The molecule has 1 rings (SSSR count). The molecule has 1 amide bonds. The summed E-state index contributed by atoms with van der Waals surface area (Å²) in [5.74, 6) is -1.47. The number of nitrogens with two attached hydrogens (primary N) is 2. The summed E-state index contributed by atoms with van der Waals surface area (Å²) in [6, 6.07) is 0. The number of hydrogen-bond acceptors (Lipinski definition) is 8. The molecular formula is C7H10N6O4. The fourth-order valence-corrected chi connectivity index (χ4v) is 0.996. The number of amides is 1. The van der Waals surface area contributed by atoms with Crippen molar-refractivity contribution in [2.45, 2.75) is 6.10 Å². The fraction of sp³-hybridized carbons (Fsp3) is 0.286. The van der Waals surface area contributed by atoms with E-state index in [0.29, 0.717) is 0 Å². The molecule has 1 aromatic rings. The molecule has 0 saturated heterocycles. The Morgan fingerprint density at radius 3 is 2.82 bits per heavy atom. The number of nitrogens with one attached hydrogen (secondary N) is 1. The molecule has 10 heteroatoms. The van der Waals surface area contributed by atoms with Crippen molar-refractivity contribution in [2.75, 3.05) is 17.6 Å². The maximum Gasteiger partial charge on any atom is 0.352 e. The lowest BCUT2D eigenvalue weighted by molar-refractivity contribution is -0.383. The van der Waals surface area contributed by atoms with Gasteiger partial charge in [-0.2, -0.15) is 0 Å². The molecule has 0 aliphatic rings. The van der Waals surface area contributed by atoms with Crippen molar-refractivity contribution in [1.82, 2.24) is 9.97 Å². The predicted octanol–water partition coefficient (Wildman–Crippen LogP) is -1.77. The number of carbonyl (C=O) groups is 1. The zero-order valence-corrected chi connectivity index (χ0v) is 8.53. The molecular weight excluding hydrogens is 232 g/mol. The topological polar surface area (TPSA) is 170 Å². The van der Waals surface area contributed by atoms with Gasteiger partial charge in [0.25, 0.3) is 0 Å². The lowest BCUT2D eigenvalue weighted by Crippen LogP contribution is -2.34. The number of rotatable bonds is 5. The Kier molecular flexibility index (Phi) is 3.72. The van der Waals surface area contributed by atoms with Crippen LogP contribution < -0.4 is 16.8 Å². The molecule has 1 unspecified atom stereocenters. The molecule has 0 aliphatic heterocycles. The molecule has 0 bridgehead atoms. The first-order valence-corrected chi connectivity index (χ1v) is 4.39. The third kappa shape index (κ3) is 2.98. The number of nitrogens with zero attached hydrogens (tertiary/aromatic N) is 3. The number of aliphatic hydroxyl groups is 1. The Bertz CT molecular complexity index is 450. The van der Waals surface area contributed by atoms with Gasteiger partial charge in [0, 0.05) is 0 Å². The summed E-state index contributed by atoms with van der Waals surface area (Å²) in [7, 11) is 0. The van der Waals surface area contributed by atoms with Gasteiger partial charge in [-0.3, -0.25) is 14.9 Å². The van der Waals surface area contributed by atoms with Crippen LogP contribution in [0, 0.1) is 10.1 Å². The van der Waals surface area contributed by atoms with E-state index in [2.05, 4.69) is 15.3 Å². The van der Waals surface area contributed by atoms with Gasteiger partial charge in [-0.25, -0.2) is 9.97 Å². The fourth-order valence-electron chi connectivity index (χ4n) is 0.996. The number of hydrogen-bond donors (Lipinski definition) is 4. The number of aromatic nitrogens is 2. The van der Waals surface area contributed by atoms with E-state index in [0.717, 1.165) is 6.33 Å². The van der Waals surface area contributed by atoms with Gasteiger partial charge in [0.1, 0.15) is 12.4 Å². The number of carbonyl (C=O) groups excluding carboxylic acids is 1. The van der Waals surface area contributed by atoms with Crippen LogP contribution in [0.25, 0.3) is 0 Å². The molecule has 0 saturated carbocycles. The second-order valence-electron chi connectivity index (χ2n) is 3.01. The lowest BCUT2D eigenvalue weighted by Gasteiger charge is -2.09. The van der Waals surface area contributed by atoms with Gasteiger partial charge >= 0.3 is 5.69 Å². The number of aliphatic hydroxyl groups excluding tert-OH is 1. The Balaban J connectivity index is 2.88. The van der Waals surface area contributed by atoms with Crippen LogP contribution in [0.5, 0.6) is 0 Å². The van der Waals surface area contributed by atoms with E-state index in [9.17, 15) is 14.9 Å². The highest BCUT2D eigenvalue weighted by atomic mass is 16.6. The molecule has 10 nitrogen and oxygen atoms in total. The highest BCUT2D eigenvalue weighted by Crippen LogP contribution is 2.25. The van der Waals surface area contributed by atoms with Gasteiger partial charge in [-0.05, 0) is 0 Å². The molecule has 1 aromatic heterocycles. The summed E-state index contributed by atoms with van der Waals surface area (Å²) in [4.78, 5) is 27.5. The predicted molar refractivity (Wildman–Crippen MR) is 56.8 cm³/mol. The first-order chi connectivity index (χ1) is 7.93. The summed E-state index contributed by atoms with van der Waals surface area (Å²) in [5.41, 5.74) is 9.59. The minimum atomic E-state index is -1.48. The zero-order chi connectivity index (χ0) is 13.0. The molecule has 0 radical (unpaired) electrons. The largest absolute Gasteiger partial charge is 0.381 e. The highest BCUT2D eigenvalue weighted by Gasteiger charge is 2.21. The third-order valence-electron chi connectivity index (χ3n) is 1.82. The van der Waals surface area contributed by atoms with Crippen molar-refractivity contribution in [3.8, 4) is 0 Å². The van der Waals surface area contributed by atoms with Gasteiger partial charge in [-0.1, -0.05) is 0 Å². The summed E-state index contributed by atoms with van der Waals surface area (Å²) in [5, 5.41) is 22.2. The van der Waals surface area contributed by atoms with E-state index in [4.69, 9.17) is 16.6 Å². The van der Waals surface area contributed by atoms with Crippen molar-refractivity contribution in [3.63, 3.8) is 0 Å². The number of primary amides is 1. The van der Waals surface area contributed by atoms with E-state index in [1.54, 1.807) is 0 Å². The van der Waals surface area contributed by atoms with E-state index in [-0.39, 0.29) is 18.2 Å². The quantitative estimate of drug-likeness (QED) is 0.346. The van der Waals surface area contributed by atoms with Crippen LogP contribution in [0.4, 0.5) is 17.3 Å². The molecule has 17 heavy (non-hydrogen) atoms. The summed E-state index contributed by atoms with van der Waals surface area (Å²) in [6.45, 7) is -0.313. The summed E-state index contributed by atoms with van der Waals surface area (Å²) in [6.07, 6.45) is -0.466. The van der Waals surface area contributed by atoms with Crippen LogP contribution in [0.3, 0.4) is 0 Å². The minimum absolute atomic E-state index is 0.192. The second-order valence-corrected chi connectivity index (χ2v) is 3.01. The average Bonchev–Trinajstić information content (AvgIpc) is 2.24. The smallest absolute Gasteiger partial charge is 0.352 e. The average molecular weight is 242 g/mol. The number of nitro groups is 1. The molecule has 0 spiro atoms. The number of nitrogen functional groups attached to an aromatic ring is 1. The monoisotopic (exact) mass is 242 g/mol. The van der Waals surface area contributed by atoms with E-state index >= 15 is 0 Å². The lowest BCUT2D eigenvalue weighted by atomic mass is 10.3. The molecule has 1 atom stereocenters. The maximum atomic E-state index is 10.7. The Morgan fingerprint density at radius 2 is 2.29 bits per heavy atom. The van der Waals surface area contributed by atoms with E-state index in [1.807, 2.05) is 0 Å². The second kappa shape index (κ2) is 5.03. The molecule has 1 heterocycles. The van der Waals surface area contributed by atoms with E-state index < -0.39 is 22.6 Å². The molecule has 92 valence electrons. The van der Waals surface area contributed by atoms with Crippen molar-refractivity contribution in [2.24, 2.45) is 5.73 Å². The van der Waals surface area contributed by atoms with Crippen molar-refractivity contribution >= 4 is 23.2 Å². The third-order valence-corrected chi connectivity index (χ3v) is 1.82. The van der Waals surface area contributed by atoms with Crippen molar-refractivity contribution < 1.29 is 14.8 Å². The first kappa shape index (κ1) is 12.6. The van der Waals surface area contributed by atoms with Crippen LogP contribution in [-0.2, 0) is 4.79 Å². The van der Waals surface area contributed by atoms with Gasteiger partial charge in [0.15, 0.2) is 0 Å². The SMILES string of the molecule is NC(=O)C(O)CNc1ncnc(N)c1[N+](=O)[O-]. The Hall–Kier alpha value is -2.49. The van der Waals surface area contributed by atoms with Gasteiger partial charge < -0.3 is 21.9 Å². The van der Waals surface area contributed by atoms with Crippen molar-refractivity contribution in [1.29, 1.82) is 0 Å². The Morgan fingerprint density at radius 1 is 1.65 bits per heavy atom. The number of anilines is 2. The first-order valence-electron chi connectivity index (χ1n) is 4.39.